The van der Waals surface area contributed by atoms with Crippen LogP contribution in [0.1, 0.15) is 19.4 Å². The van der Waals surface area contributed by atoms with E-state index in [1.165, 1.54) is 4.90 Å². The van der Waals surface area contributed by atoms with E-state index in [4.69, 9.17) is 0 Å². The zero-order chi connectivity index (χ0) is 16.3. The fourth-order valence-corrected chi connectivity index (χ4v) is 2.33. The molecule has 7 nitrogen and oxygen atoms in total. The third kappa shape index (κ3) is 3.55. The maximum absolute atomic E-state index is 13.0. The van der Waals surface area contributed by atoms with Crippen LogP contribution in [0.2, 0.25) is 0 Å². The van der Waals surface area contributed by atoms with Crippen molar-refractivity contribution in [3.63, 3.8) is 0 Å². The molecule has 0 spiro atoms. The highest BCUT2D eigenvalue weighted by molar-refractivity contribution is 5.89. The van der Waals surface area contributed by atoms with Crippen molar-refractivity contribution in [1.29, 1.82) is 0 Å². The minimum Gasteiger partial charge on any atom is -0.353 e. The van der Waals surface area contributed by atoms with Gasteiger partial charge in [-0.05, 0) is 6.92 Å². The van der Waals surface area contributed by atoms with Crippen molar-refractivity contribution in [3.8, 4) is 0 Å². The molecule has 2 amide bonds. The van der Waals surface area contributed by atoms with Gasteiger partial charge in [0.05, 0.1) is 5.92 Å². The maximum Gasteiger partial charge on any atom is 0.412 e. The lowest BCUT2D eigenvalue weighted by Crippen LogP contribution is -2.41. The lowest BCUT2D eigenvalue weighted by atomic mass is 10.1. The Morgan fingerprint density at radius 1 is 1.55 bits per heavy atom. The second-order valence-electron chi connectivity index (χ2n) is 5.01. The molecular weight excluding hydrogens is 303 g/mol. The minimum absolute atomic E-state index is 0.0275. The van der Waals surface area contributed by atoms with Crippen LogP contribution in [-0.2, 0) is 9.59 Å². The molecule has 0 saturated carbocycles. The fraction of sp³-hybridized carbons (Fsp3) is 0.667. The Hall–Kier alpha value is -2.13. The monoisotopic (exact) mass is 319 g/mol. The highest BCUT2D eigenvalue weighted by Crippen LogP contribution is 2.29. The van der Waals surface area contributed by atoms with Gasteiger partial charge < -0.3 is 10.2 Å². The predicted octanol–water partition coefficient (Wildman–Crippen LogP) is 0.366. The van der Waals surface area contributed by atoms with Crippen LogP contribution < -0.4 is 5.32 Å². The first kappa shape index (κ1) is 16.2. The van der Waals surface area contributed by atoms with Crippen molar-refractivity contribution >= 4 is 11.8 Å². The van der Waals surface area contributed by atoms with Crippen molar-refractivity contribution in [2.45, 2.75) is 25.6 Å². The minimum atomic E-state index is -4.57. The van der Waals surface area contributed by atoms with Gasteiger partial charge in [-0.2, -0.15) is 18.3 Å². The standard InChI is InChI=1S/C12H16F3N5O2/c1-2-19-5-8(3-10(19)21)11(22)17-4-9(12(13,14)15)20-7-16-6-18-20/h6-9H,2-5H2,1H3,(H,17,22). The lowest BCUT2D eigenvalue weighted by molar-refractivity contribution is -0.169. The van der Waals surface area contributed by atoms with E-state index in [2.05, 4.69) is 15.4 Å². The van der Waals surface area contributed by atoms with Gasteiger partial charge in [0.2, 0.25) is 11.8 Å². The summed E-state index contributed by atoms with van der Waals surface area (Å²) in [5, 5.41) is 5.73. The van der Waals surface area contributed by atoms with Crippen LogP contribution in [0.3, 0.4) is 0 Å². The molecule has 1 aromatic rings. The molecule has 0 radical (unpaired) electrons. The van der Waals surface area contributed by atoms with E-state index in [0.29, 0.717) is 11.2 Å². The summed E-state index contributed by atoms with van der Waals surface area (Å²) in [5.41, 5.74) is 0. The Morgan fingerprint density at radius 2 is 2.27 bits per heavy atom. The first-order chi connectivity index (χ1) is 10.3. The summed E-state index contributed by atoms with van der Waals surface area (Å²) in [6.45, 7) is 1.85. The number of aromatic nitrogens is 3. The Balaban J connectivity index is 1.96. The molecule has 0 aliphatic carbocycles. The molecule has 1 saturated heterocycles. The van der Waals surface area contributed by atoms with Crippen LogP contribution in [-0.4, -0.2) is 57.3 Å². The highest BCUT2D eigenvalue weighted by atomic mass is 19.4. The van der Waals surface area contributed by atoms with Crippen LogP contribution in [0.25, 0.3) is 0 Å². The summed E-state index contributed by atoms with van der Waals surface area (Å²) in [6.07, 6.45) is -2.60. The highest BCUT2D eigenvalue weighted by Gasteiger charge is 2.42. The van der Waals surface area contributed by atoms with Crippen molar-refractivity contribution in [2.24, 2.45) is 5.92 Å². The third-order valence-corrected chi connectivity index (χ3v) is 3.57. The number of hydrogen-bond acceptors (Lipinski definition) is 4. The van der Waals surface area contributed by atoms with E-state index in [1.54, 1.807) is 6.92 Å². The van der Waals surface area contributed by atoms with Gasteiger partial charge in [-0.25, -0.2) is 9.67 Å². The second kappa shape index (κ2) is 6.32. The fourth-order valence-electron chi connectivity index (χ4n) is 2.33. The van der Waals surface area contributed by atoms with Crippen molar-refractivity contribution in [1.82, 2.24) is 25.0 Å². The number of hydrogen-bond donors (Lipinski definition) is 1. The number of rotatable bonds is 5. The number of likely N-dealkylation sites (tertiary alicyclic amines) is 1. The Morgan fingerprint density at radius 3 is 2.77 bits per heavy atom. The summed E-state index contributed by atoms with van der Waals surface area (Å²) in [7, 11) is 0. The van der Waals surface area contributed by atoms with Gasteiger partial charge in [-0.15, -0.1) is 0 Å². The summed E-state index contributed by atoms with van der Waals surface area (Å²) >= 11 is 0. The van der Waals surface area contributed by atoms with E-state index >= 15 is 0 Å². The molecule has 1 aliphatic heterocycles. The number of nitrogens with zero attached hydrogens (tertiary/aromatic N) is 4. The van der Waals surface area contributed by atoms with Gasteiger partial charge in [0.25, 0.3) is 0 Å². The van der Waals surface area contributed by atoms with Crippen molar-refractivity contribution in [3.05, 3.63) is 12.7 Å². The average Bonchev–Trinajstić information content (AvgIpc) is 3.06. The molecule has 1 N–H and O–H groups in total. The largest absolute Gasteiger partial charge is 0.412 e. The molecule has 1 aliphatic rings. The van der Waals surface area contributed by atoms with Gasteiger partial charge in [0.15, 0.2) is 6.04 Å². The summed E-state index contributed by atoms with van der Waals surface area (Å²) in [5.74, 6) is -1.33. The zero-order valence-corrected chi connectivity index (χ0v) is 11.9. The van der Waals surface area contributed by atoms with Gasteiger partial charge in [0.1, 0.15) is 12.7 Å². The van der Waals surface area contributed by atoms with Crippen LogP contribution in [0.4, 0.5) is 13.2 Å². The second-order valence-corrected chi connectivity index (χ2v) is 5.01. The first-order valence-corrected chi connectivity index (χ1v) is 6.79. The molecule has 122 valence electrons. The normalized spacial score (nSPS) is 20.3. The van der Waals surface area contributed by atoms with Gasteiger partial charge in [-0.3, -0.25) is 9.59 Å². The van der Waals surface area contributed by atoms with Crippen LogP contribution in [0.15, 0.2) is 12.7 Å². The first-order valence-electron chi connectivity index (χ1n) is 6.79. The molecule has 22 heavy (non-hydrogen) atoms. The van der Waals surface area contributed by atoms with E-state index in [-0.39, 0.29) is 18.9 Å². The molecule has 1 fully saturated rings. The number of halogens is 3. The van der Waals surface area contributed by atoms with Crippen molar-refractivity contribution < 1.29 is 22.8 Å². The smallest absolute Gasteiger partial charge is 0.353 e. The summed E-state index contributed by atoms with van der Waals surface area (Å²) in [4.78, 5) is 28.5. The van der Waals surface area contributed by atoms with E-state index in [0.717, 1.165) is 12.7 Å². The molecular formula is C12H16F3N5O2. The van der Waals surface area contributed by atoms with Gasteiger partial charge >= 0.3 is 6.18 Å². The van der Waals surface area contributed by atoms with E-state index < -0.39 is 30.6 Å². The summed E-state index contributed by atoms with van der Waals surface area (Å²) < 4.78 is 39.6. The lowest BCUT2D eigenvalue weighted by Gasteiger charge is -2.21. The van der Waals surface area contributed by atoms with Crippen LogP contribution in [0, 0.1) is 5.92 Å². The molecule has 2 rings (SSSR count). The summed E-state index contributed by atoms with van der Waals surface area (Å²) in [6, 6.07) is -1.99. The zero-order valence-electron chi connectivity index (χ0n) is 11.9. The average molecular weight is 319 g/mol. The van der Waals surface area contributed by atoms with Gasteiger partial charge in [-0.1, -0.05) is 0 Å². The van der Waals surface area contributed by atoms with E-state index in [1.807, 2.05) is 0 Å². The molecule has 2 heterocycles. The third-order valence-electron chi connectivity index (χ3n) is 3.57. The molecule has 0 aromatic carbocycles. The van der Waals surface area contributed by atoms with Crippen molar-refractivity contribution in [2.75, 3.05) is 19.6 Å². The quantitative estimate of drug-likeness (QED) is 0.850. The van der Waals surface area contributed by atoms with Crippen LogP contribution >= 0.6 is 0 Å². The Bertz CT molecular complexity index is 531. The number of carbonyl (C=O) groups excluding carboxylic acids is 2. The molecule has 0 bridgehead atoms. The molecule has 1 aromatic heterocycles. The number of nitrogens with one attached hydrogen (secondary N) is 1. The topological polar surface area (TPSA) is 80.1 Å². The SMILES string of the molecule is CCN1CC(C(=O)NCC(n2cncn2)C(F)(F)F)CC1=O. The van der Waals surface area contributed by atoms with Gasteiger partial charge in [0, 0.05) is 26.1 Å². The Kier molecular flexibility index (Phi) is 4.67. The number of amides is 2. The molecule has 2 unspecified atom stereocenters. The Labute approximate surface area is 124 Å². The molecule has 10 heteroatoms. The van der Waals surface area contributed by atoms with E-state index in [9.17, 15) is 22.8 Å². The maximum atomic E-state index is 13.0. The molecule has 2 atom stereocenters. The van der Waals surface area contributed by atoms with Crippen LogP contribution in [0.5, 0.6) is 0 Å². The predicted molar refractivity (Wildman–Crippen MR) is 68.5 cm³/mol. The number of carbonyl (C=O) groups is 2. The number of alkyl halides is 3.